The van der Waals surface area contributed by atoms with Gasteiger partial charge >= 0.3 is 5.97 Å². The van der Waals surface area contributed by atoms with Crippen LogP contribution in [0.3, 0.4) is 0 Å². The van der Waals surface area contributed by atoms with Crippen LogP contribution in [-0.4, -0.2) is 33.7 Å². The summed E-state index contributed by atoms with van der Waals surface area (Å²) in [5, 5.41) is 24.0. The lowest BCUT2D eigenvalue weighted by molar-refractivity contribution is -0.144. The highest BCUT2D eigenvalue weighted by Crippen LogP contribution is 2.66. The Morgan fingerprint density at radius 3 is 2.79 bits per heavy atom. The van der Waals surface area contributed by atoms with E-state index >= 15 is 0 Å². The number of ether oxygens (including phenoxy) is 1. The molecule has 0 aromatic rings. The van der Waals surface area contributed by atoms with Gasteiger partial charge in [-0.15, -0.1) is 6.42 Å². The summed E-state index contributed by atoms with van der Waals surface area (Å²) in [6.45, 7) is 3.57. The molecular weight excluding hydrogens is 354 g/mol. The second-order valence-corrected chi connectivity index (χ2v) is 9.25. The standard InChI is InChI=1S/C23H31NO4/c1-4-22-10-8-16-17(19(22)9-11-23(22,26)5-2)7-6-15-12-20(24-27)21(13-18(15)16)28-14(3)25/h2,12,16-19,21,26-27H,4,6-11,13H2,1,3H3/t16-,17+,18-,19-,21?,22-,23-/m0/s1. The zero-order chi connectivity index (χ0) is 20.1. The molecule has 0 amide bonds. The molecule has 1 unspecified atom stereocenters. The summed E-state index contributed by atoms with van der Waals surface area (Å²) in [5.41, 5.74) is 0.649. The fourth-order valence-electron chi connectivity index (χ4n) is 7.35. The lowest BCUT2D eigenvalue weighted by atomic mass is 9.49. The summed E-state index contributed by atoms with van der Waals surface area (Å²) in [5.74, 6) is 4.29. The van der Waals surface area contributed by atoms with Crippen molar-refractivity contribution in [3.63, 3.8) is 0 Å². The molecule has 2 N–H and O–H groups in total. The summed E-state index contributed by atoms with van der Waals surface area (Å²) < 4.78 is 5.46. The van der Waals surface area contributed by atoms with Crippen molar-refractivity contribution >= 4 is 11.7 Å². The van der Waals surface area contributed by atoms with Crippen molar-refractivity contribution in [2.45, 2.75) is 76.9 Å². The van der Waals surface area contributed by atoms with E-state index in [4.69, 9.17) is 11.2 Å². The number of terminal acetylenes is 1. The van der Waals surface area contributed by atoms with Crippen molar-refractivity contribution in [3.8, 4) is 12.3 Å². The molecule has 0 spiro atoms. The van der Waals surface area contributed by atoms with Crippen LogP contribution in [0.5, 0.6) is 0 Å². The van der Waals surface area contributed by atoms with Crippen LogP contribution in [0.4, 0.5) is 0 Å². The van der Waals surface area contributed by atoms with Crippen molar-refractivity contribution in [2.75, 3.05) is 0 Å². The Labute approximate surface area is 167 Å². The van der Waals surface area contributed by atoms with E-state index in [0.29, 0.717) is 42.2 Å². The molecule has 7 atom stereocenters. The third-order valence-electron chi connectivity index (χ3n) is 8.53. The minimum atomic E-state index is -0.975. The lowest BCUT2D eigenvalue weighted by Crippen LogP contribution is -2.54. The Bertz CT molecular complexity index is 765. The smallest absolute Gasteiger partial charge is 0.303 e. The van der Waals surface area contributed by atoms with E-state index < -0.39 is 11.7 Å². The predicted octanol–water partition coefficient (Wildman–Crippen LogP) is 3.69. The van der Waals surface area contributed by atoms with E-state index in [-0.39, 0.29) is 11.4 Å². The van der Waals surface area contributed by atoms with Gasteiger partial charge < -0.3 is 15.1 Å². The van der Waals surface area contributed by atoms with E-state index in [1.165, 1.54) is 12.5 Å². The number of oxime groups is 1. The number of rotatable bonds is 2. The van der Waals surface area contributed by atoms with Crippen LogP contribution in [0.25, 0.3) is 0 Å². The molecule has 5 nitrogen and oxygen atoms in total. The lowest BCUT2D eigenvalue weighted by Gasteiger charge is -2.56. The van der Waals surface area contributed by atoms with Crippen molar-refractivity contribution in [2.24, 2.45) is 34.2 Å². The first kappa shape index (κ1) is 19.5. The van der Waals surface area contributed by atoms with Gasteiger partial charge in [0.1, 0.15) is 17.4 Å². The van der Waals surface area contributed by atoms with Gasteiger partial charge in [0.25, 0.3) is 0 Å². The Hall–Kier alpha value is -1.80. The fraction of sp³-hybridized carbons (Fsp3) is 0.739. The Morgan fingerprint density at radius 1 is 1.36 bits per heavy atom. The van der Waals surface area contributed by atoms with Crippen LogP contribution in [0.15, 0.2) is 16.8 Å². The second-order valence-electron chi connectivity index (χ2n) is 9.25. The van der Waals surface area contributed by atoms with E-state index in [1.807, 2.05) is 6.08 Å². The number of hydrogen-bond acceptors (Lipinski definition) is 5. The number of fused-ring (bicyclic) bond motifs is 5. The van der Waals surface area contributed by atoms with Gasteiger partial charge in [0.05, 0.1) is 0 Å². The average molecular weight is 386 g/mol. The summed E-state index contributed by atoms with van der Waals surface area (Å²) in [6.07, 6.45) is 14.7. The Morgan fingerprint density at radius 2 is 2.14 bits per heavy atom. The SMILES string of the molecule is C#C[C@]1(O)CC[C@H]2[C@@H]3CCC4=CC(=NO)C(OC(C)=O)C[C@@H]4[C@H]3CC[C@@]21CC. The van der Waals surface area contributed by atoms with Crippen LogP contribution in [0.1, 0.15) is 65.2 Å². The summed E-state index contributed by atoms with van der Waals surface area (Å²) in [7, 11) is 0. The van der Waals surface area contributed by atoms with Gasteiger partial charge in [-0.1, -0.05) is 23.6 Å². The highest BCUT2D eigenvalue weighted by molar-refractivity contribution is 6.00. The topological polar surface area (TPSA) is 79.1 Å². The largest absolute Gasteiger partial charge is 0.456 e. The second kappa shape index (κ2) is 6.91. The maximum absolute atomic E-state index is 11.5. The molecule has 5 heteroatoms. The number of allylic oxidation sites excluding steroid dienone is 1. The average Bonchev–Trinajstić information content (AvgIpc) is 3.00. The van der Waals surface area contributed by atoms with Crippen LogP contribution in [-0.2, 0) is 9.53 Å². The van der Waals surface area contributed by atoms with E-state index in [2.05, 4.69) is 18.0 Å². The van der Waals surface area contributed by atoms with Gasteiger partial charge in [-0.3, -0.25) is 4.79 Å². The predicted molar refractivity (Wildman–Crippen MR) is 106 cm³/mol. The first-order chi connectivity index (χ1) is 13.4. The molecular formula is C23H31NO4. The third kappa shape index (κ3) is 2.64. The molecule has 0 aliphatic heterocycles. The molecule has 3 saturated carbocycles. The van der Waals surface area contributed by atoms with Crippen LogP contribution >= 0.6 is 0 Å². The molecule has 4 aliphatic rings. The highest BCUT2D eigenvalue weighted by Gasteiger charge is 2.63. The molecule has 0 bridgehead atoms. The number of carbonyl (C=O) groups excluding carboxylic acids is 1. The molecule has 4 aliphatic carbocycles. The molecule has 0 aromatic heterocycles. The van der Waals surface area contributed by atoms with Gasteiger partial charge in [0.2, 0.25) is 0 Å². The van der Waals surface area contributed by atoms with Crippen LogP contribution < -0.4 is 0 Å². The molecule has 0 saturated heterocycles. The minimum absolute atomic E-state index is 0.161. The highest BCUT2D eigenvalue weighted by atomic mass is 16.5. The maximum Gasteiger partial charge on any atom is 0.303 e. The zero-order valence-corrected chi connectivity index (χ0v) is 16.9. The van der Waals surface area contributed by atoms with Crippen LogP contribution in [0.2, 0.25) is 0 Å². The molecule has 4 rings (SSSR count). The summed E-state index contributed by atoms with van der Waals surface area (Å²) in [4.78, 5) is 11.5. The van der Waals surface area contributed by atoms with Gasteiger partial charge in [-0.2, -0.15) is 0 Å². The van der Waals surface area contributed by atoms with Crippen molar-refractivity contribution in [3.05, 3.63) is 11.6 Å². The summed E-state index contributed by atoms with van der Waals surface area (Å²) >= 11 is 0. The number of hydrogen-bond donors (Lipinski definition) is 2. The number of nitrogens with zero attached hydrogens (tertiary/aromatic N) is 1. The Kier molecular flexibility index (Phi) is 4.82. The van der Waals surface area contributed by atoms with Crippen molar-refractivity contribution in [1.82, 2.24) is 0 Å². The molecule has 0 heterocycles. The first-order valence-electron chi connectivity index (χ1n) is 10.7. The molecule has 28 heavy (non-hydrogen) atoms. The third-order valence-corrected chi connectivity index (χ3v) is 8.53. The van der Waals surface area contributed by atoms with Gasteiger partial charge in [-0.25, -0.2) is 0 Å². The molecule has 0 aromatic carbocycles. The van der Waals surface area contributed by atoms with E-state index in [0.717, 1.165) is 38.5 Å². The molecule has 3 fully saturated rings. The number of esters is 1. The van der Waals surface area contributed by atoms with Gasteiger partial charge in [0, 0.05) is 12.3 Å². The van der Waals surface area contributed by atoms with E-state index in [9.17, 15) is 15.1 Å². The van der Waals surface area contributed by atoms with Crippen LogP contribution in [0, 0.1) is 41.4 Å². The monoisotopic (exact) mass is 385 g/mol. The number of aliphatic hydroxyl groups is 1. The maximum atomic E-state index is 11.5. The number of carbonyl (C=O) groups is 1. The van der Waals surface area contributed by atoms with Crippen molar-refractivity contribution < 1.29 is 19.8 Å². The Balaban J connectivity index is 1.64. The normalized spacial score (nSPS) is 46.0. The molecule has 0 radical (unpaired) electrons. The first-order valence-corrected chi connectivity index (χ1v) is 10.7. The van der Waals surface area contributed by atoms with Gasteiger partial charge in [-0.05, 0) is 81.1 Å². The molecule has 152 valence electrons. The van der Waals surface area contributed by atoms with E-state index in [1.54, 1.807) is 0 Å². The summed E-state index contributed by atoms with van der Waals surface area (Å²) in [6, 6.07) is 0. The van der Waals surface area contributed by atoms with Crippen molar-refractivity contribution in [1.29, 1.82) is 0 Å². The fourth-order valence-corrected chi connectivity index (χ4v) is 7.35. The quantitative estimate of drug-likeness (QED) is 0.329. The van der Waals surface area contributed by atoms with Gasteiger partial charge in [0.15, 0.2) is 0 Å². The minimum Gasteiger partial charge on any atom is -0.456 e. The zero-order valence-electron chi connectivity index (χ0n) is 16.9.